The predicted molar refractivity (Wildman–Crippen MR) is 75.2 cm³/mol. The van der Waals surface area contributed by atoms with Crippen LogP contribution in [0.1, 0.15) is 16.8 Å². The van der Waals surface area contributed by atoms with Gasteiger partial charge in [0.15, 0.2) is 6.54 Å². The van der Waals surface area contributed by atoms with E-state index in [4.69, 9.17) is 0 Å². The number of hydrogen-bond acceptors (Lipinski definition) is 5. The molecule has 1 heterocycles. The van der Waals surface area contributed by atoms with Crippen LogP contribution in [0.2, 0.25) is 0 Å². The largest absolute Gasteiger partial charge is 0.505 e. The summed E-state index contributed by atoms with van der Waals surface area (Å²) in [6.45, 7) is 1.66. The van der Waals surface area contributed by atoms with Crippen molar-refractivity contribution in [1.29, 1.82) is 0 Å². The number of aromatic nitrogens is 1. The van der Waals surface area contributed by atoms with E-state index in [0.29, 0.717) is 21.3 Å². The van der Waals surface area contributed by atoms with Crippen molar-refractivity contribution in [1.82, 2.24) is 10.4 Å². The fourth-order valence-corrected chi connectivity index (χ4v) is 1.56. The maximum atomic E-state index is 11.6. The topological polar surface area (TPSA) is 94.8 Å². The van der Waals surface area contributed by atoms with Crippen LogP contribution < -0.4 is 5.43 Å². The minimum Gasteiger partial charge on any atom is -0.505 e. The van der Waals surface area contributed by atoms with E-state index in [1.807, 2.05) is 21.1 Å². The molecule has 7 heteroatoms. The summed E-state index contributed by atoms with van der Waals surface area (Å²) in [5.74, 6) is -0.286. The minimum absolute atomic E-state index is 0.0545. The maximum absolute atomic E-state index is 11.6. The molecule has 1 amide bonds. The van der Waals surface area contributed by atoms with Gasteiger partial charge in [0.2, 0.25) is 0 Å². The molecule has 110 valence electrons. The van der Waals surface area contributed by atoms with Crippen molar-refractivity contribution in [2.75, 3.05) is 27.7 Å². The smallest absolute Gasteiger partial charge is 0.295 e. The van der Waals surface area contributed by atoms with Crippen molar-refractivity contribution in [2.24, 2.45) is 5.10 Å². The molecule has 0 unspecified atom stereocenters. The molecule has 0 aliphatic heterocycles. The highest BCUT2D eigenvalue weighted by Crippen LogP contribution is 2.21. The SMILES string of the molecule is Cc1ncc(CO)c(/C=N/NC(=O)C[N+](C)(C)C)c1O. The highest BCUT2D eigenvalue weighted by Gasteiger charge is 2.13. The van der Waals surface area contributed by atoms with Crippen LogP contribution in [-0.2, 0) is 11.4 Å². The fourth-order valence-electron chi connectivity index (χ4n) is 1.56. The van der Waals surface area contributed by atoms with E-state index in [0.717, 1.165) is 0 Å². The lowest BCUT2D eigenvalue weighted by molar-refractivity contribution is -0.862. The number of quaternary nitrogens is 1. The van der Waals surface area contributed by atoms with E-state index in [9.17, 15) is 15.0 Å². The molecule has 7 nitrogen and oxygen atoms in total. The molecule has 0 aliphatic carbocycles. The summed E-state index contributed by atoms with van der Waals surface area (Å²) in [7, 11) is 5.68. The molecule has 1 rings (SSSR count). The van der Waals surface area contributed by atoms with Crippen LogP contribution in [0.4, 0.5) is 0 Å². The summed E-state index contributed by atoms with van der Waals surface area (Å²) in [4.78, 5) is 15.5. The molecular formula is C13H21N4O3+. The number of carbonyl (C=O) groups excluding carboxylic acids is 1. The van der Waals surface area contributed by atoms with E-state index in [1.54, 1.807) is 6.92 Å². The van der Waals surface area contributed by atoms with Crippen molar-refractivity contribution in [3.8, 4) is 5.75 Å². The lowest BCUT2D eigenvalue weighted by atomic mass is 10.1. The maximum Gasteiger partial charge on any atom is 0.295 e. The molecule has 20 heavy (non-hydrogen) atoms. The number of carbonyl (C=O) groups is 1. The van der Waals surface area contributed by atoms with Crippen molar-refractivity contribution in [3.63, 3.8) is 0 Å². The third kappa shape index (κ3) is 4.60. The van der Waals surface area contributed by atoms with Crippen molar-refractivity contribution < 1.29 is 19.5 Å². The molecule has 1 aromatic rings. The summed E-state index contributed by atoms with van der Waals surface area (Å²) >= 11 is 0. The van der Waals surface area contributed by atoms with Gasteiger partial charge in [-0.1, -0.05) is 0 Å². The zero-order chi connectivity index (χ0) is 15.3. The van der Waals surface area contributed by atoms with Gasteiger partial charge in [0.05, 0.1) is 39.7 Å². The number of aryl methyl sites for hydroxylation is 1. The highest BCUT2D eigenvalue weighted by molar-refractivity contribution is 5.87. The van der Waals surface area contributed by atoms with Crippen LogP contribution >= 0.6 is 0 Å². The number of nitrogens with one attached hydrogen (secondary N) is 1. The molecule has 0 aromatic carbocycles. The van der Waals surface area contributed by atoms with Crippen LogP contribution in [0.3, 0.4) is 0 Å². The van der Waals surface area contributed by atoms with Crippen LogP contribution in [0, 0.1) is 6.92 Å². The number of likely N-dealkylation sites (N-methyl/N-ethyl adjacent to an activating group) is 1. The van der Waals surface area contributed by atoms with Gasteiger partial charge < -0.3 is 14.7 Å². The molecular weight excluding hydrogens is 260 g/mol. The Morgan fingerprint density at radius 3 is 2.70 bits per heavy atom. The van der Waals surface area contributed by atoms with Gasteiger partial charge in [0.1, 0.15) is 5.75 Å². The van der Waals surface area contributed by atoms with Crippen LogP contribution in [-0.4, -0.2) is 59.5 Å². The Labute approximate surface area is 118 Å². The number of aliphatic hydroxyl groups excluding tert-OH is 1. The molecule has 0 saturated carbocycles. The second kappa shape index (κ2) is 6.44. The molecule has 0 saturated heterocycles. The molecule has 0 atom stereocenters. The van der Waals surface area contributed by atoms with Crippen LogP contribution in [0.5, 0.6) is 5.75 Å². The Hall–Kier alpha value is -1.99. The second-order valence-electron chi connectivity index (χ2n) is 5.53. The van der Waals surface area contributed by atoms with Gasteiger partial charge in [-0.05, 0) is 6.92 Å². The first-order valence-corrected chi connectivity index (χ1v) is 6.15. The average molecular weight is 281 g/mol. The molecule has 0 spiro atoms. The Morgan fingerprint density at radius 1 is 1.50 bits per heavy atom. The number of aliphatic hydroxyl groups is 1. The molecule has 3 N–H and O–H groups in total. The highest BCUT2D eigenvalue weighted by atomic mass is 16.3. The van der Waals surface area contributed by atoms with E-state index in [-0.39, 0.29) is 24.8 Å². The van der Waals surface area contributed by atoms with E-state index in [1.165, 1.54) is 12.4 Å². The van der Waals surface area contributed by atoms with Crippen molar-refractivity contribution in [3.05, 3.63) is 23.0 Å². The summed E-state index contributed by atoms with van der Waals surface area (Å²) in [6.07, 6.45) is 2.77. The quantitative estimate of drug-likeness (QED) is 0.394. The minimum atomic E-state index is -0.269. The van der Waals surface area contributed by atoms with E-state index < -0.39 is 0 Å². The van der Waals surface area contributed by atoms with E-state index >= 15 is 0 Å². The average Bonchev–Trinajstić information content (AvgIpc) is 2.32. The van der Waals surface area contributed by atoms with Gasteiger partial charge in [-0.2, -0.15) is 5.10 Å². The van der Waals surface area contributed by atoms with Crippen LogP contribution in [0.15, 0.2) is 11.3 Å². The molecule has 0 fully saturated rings. The summed E-state index contributed by atoms with van der Waals surface area (Å²) in [5, 5.41) is 22.9. The standard InChI is InChI=1S/C13H20N4O3/c1-9-13(20)11(10(8-18)5-14-9)6-15-16-12(19)7-17(2,3)4/h5-6,18H,7-8H2,1-4H3,(H-,14,15,16,19,20)/p+1. The first-order valence-electron chi connectivity index (χ1n) is 6.15. The van der Waals surface area contributed by atoms with Crippen LogP contribution in [0.25, 0.3) is 0 Å². The molecule has 1 aromatic heterocycles. The van der Waals surface area contributed by atoms with Gasteiger partial charge >= 0.3 is 0 Å². The number of amides is 1. The van der Waals surface area contributed by atoms with Gasteiger partial charge in [-0.25, -0.2) is 5.43 Å². The van der Waals surface area contributed by atoms with E-state index in [2.05, 4.69) is 15.5 Å². The van der Waals surface area contributed by atoms with Gasteiger partial charge in [-0.15, -0.1) is 0 Å². The fraction of sp³-hybridized carbons (Fsp3) is 0.462. The third-order valence-electron chi connectivity index (χ3n) is 2.53. The molecule has 0 radical (unpaired) electrons. The molecule has 0 aliphatic rings. The zero-order valence-corrected chi connectivity index (χ0v) is 12.2. The summed E-state index contributed by atoms with van der Waals surface area (Å²) in [5.41, 5.74) is 3.61. The number of hydrogen-bond donors (Lipinski definition) is 3. The predicted octanol–water partition coefficient (Wildman–Crippen LogP) is -0.256. The second-order valence-corrected chi connectivity index (χ2v) is 5.53. The monoisotopic (exact) mass is 281 g/mol. The Kier molecular flexibility index (Phi) is 5.18. The molecule has 0 bridgehead atoms. The van der Waals surface area contributed by atoms with Gasteiger partial charge in [-0.3, -0.25) is 9.78 Å². The first-order chi connectivity index (χ1) is 9.24. The lowest BCUT2D eigenvalue weighted by Crippen LogP contribution is -2.43. The summed E-state index contributed by atoms with van der Waals surface area (Å²) in [6, 6.07) is 0. The van der Waals surface area contributed by atoms with Crippen molar-refractivity contribution in [2.45, 2.75) is 13.5 Å². The lowest BCUT2D eigenvalue weighted by Gasteiger charge is -2.22. The van der Waals surface area contributed by atoms with Gasteiger partial charge in [0, 0.05) is 17.3 Å². The normalized spacial score (nSPS) is 11.8. The van der Waals surface area contributed by atoms with Crippen molar-refractivity contribution >= 4 is 12.1 Å². The third-order valence-corrected chi connectivity index (χ3v) is 2.53. The van der Waals surface area contributed by atoms with Gasteiger partial charge in [0.25, 0.3) is 5.91 Å². The Bertz CT molecular complexity index is 521. The number of aromatic hydroxyl groups is 1. The number of pyridine rings is 1. The number of hydrazone groups is 1. The Balaban J connectivity index is 2.81. The Morgan fingerprint density at radius 2 is 2.15 bits per heavy atom. The summed E-state index contributed by atoms with van der Waals surface area (Å²) < 4.78 is 0.489. The number of rotatable bonds is 5. The first kappa shape index (κ1) is 16.1. The number of nitrogens with zero attached hydrogens (tertiary/aromatic N) is 3. The zero-order valence-electron chi connectivity index (χ0n) is 12.2.